The molecule has 11 rings (SSSR count). The fourth-order valence-electron chi connectivity index (χ4n) is 8.52. The molecule has 1 heterocycles. The Hall–Kier alpha value is -7.00. The number of nitrogens with zero attached hydrogens (tertiary/aromatic N) is 1. The Bertz CT molecular complexity index is 3260. The van der Waals surface area contributed by atoms with Gasteiger partial charge in [-0.05, 0) is 109 Å². The van der Waals surface area contributed by atoms with Crippen LogP contribution in [0.3, 0.4) is 0 Å². The first-order valence-corrected chi connectivity index (χ1v) is 20.0. The summed E-state index contributed by atoms with van der Waals surface area (Å²) in [5, 5.41) is 10.2. The molecule has 0 amide bonds. The van der Waals surface area contributed by atoms with Gasteiger partial charge in [-0.1, -0.05) is 164 Å². The van der Waals surface area contributed by atoms with Crippen LogP contribution in [0.25, 0.3) is 85.9 Å². The average Bonchev–Trinajstić information content (AvgIpc) is 3.64. The molecule has 0 unspecified atom stereocenters. The Labute approximate surface area is 330 Å². The summed E-state index contributed by atoms with van der Waals surface area (Å²) in [5.74, 6) is 0. The van der Waals surface area contributed by atoms with Crippen molar-refractivity contribution < 1.29 is 0 Å². The molecule has 0 bridgehead atoms. The molecule has 0 fully saturated rings. The van der Waals surface area contributed by atoms with Gasteiger partial charge < -0.3 is 4.90 Å². The van der Waals surface area contributed by atoms with Crippen molar-refractivity contribution in [3.05, 3.63) is 212 Å². The monoisotopic (exact) mass is 729 g/mol. The van der Waals surface area contributed by atoms with Gasteiger partial charge in [-0.25, -0.2) is 0 Å². The van der Waals surface area contributed by atoms with E-state index in [9.17, 15) is 0 Å². The molecular formula is C54H35NS. The summed E-state index contributed by atoms with van der Waals surface area (Å²) in [6, 6.07) is 77.8. The van der Waals surface area contributed by atoms with E-state index in [2.05, 4.69) is 217 Å². The van der Waals surface area contributed by atoms with Gasteiger partial charge in [0, 0.05) is 37.1 Å². The molecule has 1 nitrogen and oxygen atoms in total. The number of para-hydroxylation sites is 1. The normalized spacial score (nSPS) is 11.6. The molecule has 262 valence electrons. The number of rotatable bonds is 6. The third kappa shape index (κ3) is 5.54. The zero-order valence-corrected chi connectivity index (χ0v) is 31.4. The molecule has 0 radical (unpaired) electrons. The summed E-state index contributed by atoms with van der Waals surface area (Å²) in [6.07, 6.45) is 0. The Balaban J connectivity index is 1.05. The summed E-state index contributed by atoms with van der Waals surface area (Å²) < 4.78 is 2.59. The third-order valence-corrected chi connectivity index (χ3v) is 12.4. The van der Waals surface area contributed by atoms with E-state index in [1.54, 1.807) is 0 Å². The van der Waals surface area contributed by atoms with Gasteiger partial charge in [0.05, 0.1) is 5.69 Å². The fraction of sp³-hybridized carbons (Fsp3) is 0. The molecule has 0 atom stereocenters. The van der Waals surface area contributed by atoms with E-state index in [1.807, 2.05) is 11.3 Å². The van der Waals surface area contributed by atoms with Gasteiger partial charge in [0.25, 0.3) is 0 Å². The predicted molar refractivity (Wildman–Crippen MR) is 243 cm³/mol. The Morgan fingerprint density at radius 1 is 0.286 bits per heavy atom. The quantitative estimate of drug-likeness (QED) is 0.154. The minimum atomic E-state index is 1.11. The molecule has 11 aromatic rings. The van der Waals surface area contributed by atoms with Crippen molar-refractivity contribution >= 4 is 80.9 Å². The van der Waals surface area contributed by atoms with E-state index < -0.39 is 0 Å². The molecule has 0 aliphatic heterocycles. The van der Waals surface area contributed by atoms with Crippen LogP contribution in [0.2, 0.25) is 0 Å². The second-order valence-electron chi connectivity index (χ2n) is 14.5. The molecular weight excluding hydrogens is 695 g/mol. The van der Waals surface area contributed by atoms with Crippen LogP contribution in [-0.2, 0) is 0 Å². The summed E-state index contributed by atoms with van der Waals surface area (Å²) in [5.41, 5.74) is 10.6. The van der Waals surface area contributed by atoms with Gasteiger partial charge in [-0.2, -0.15) is 0 Å². The number of hydrogen-bond acceptors (Lipinski definition) is 2. The van der Waals surface area contributed by atoms with Crippen LogP contribution in [-0.4, -0.2) is 0 Å². The first kappa shape index (κ1) is 32.4. The standard InChI is InChI=1S/C54H35NS/c1-3-16-45-37(11-1)13-10-20-47(45)40-14-9-15-41(34-40)49-18-5-7-21-52(49)55(44-30-32-51-50-19-6-8-22-53(50)56-54(51)35-44)43-28-25-36(26-29-43)39-27-31-48-42(33-39)24-23-38-12-2-4-17-46(38)48/h1-35H. The highest BCUT2D eigenvalue weighted by Crippen LogP contribution is 2.45. The Morgan fingerprint density at radius 2 is 0.857 bits per heavy atom. The lowest BCUT2D eigenvalue weighted by atomic mass is 9.94. The lowest BCUT2D eigenvalue weighted by molar-refractivity contribution is 1.29. The van der Waals surface area contributed by atoms with Gasteiger partial charge in [0.1, 0.15) is 0 Å². The van der Waals surface area contributed by atoms with Crippen LogP contribution in [0.15, 0.2) is 212 Å². The van der Waals surface area contributed by atoms with Crippen molar-refractivity contribution in [1.29, 1.82) is 0 Å². The van der Waals surface area contributed by atoms with Crippen molar-refractivity contribution in [2.75, 3.05) is 4.90 Å². The summed E-state index contributed by atoms with van der Waals surface area (Å²) >= 11 is 1.86. The maximum absolute atomic E-state index is 2.43. The molecule has 0 saturated carbocycles. The van der Waals surface area contributed by atoms with Crippen LogP contribution in [0, 0.1) is 0 Å². The molecule has 0 spiro atoms. The number of fused-ring (bicyclic) bond motifs is 7. The zero-order chi connectivity index (χ0) is 37.0. The van der Waals surface area contributed by atoms with E-state index in [4.69, 9.17) is 0 Å². The fourth-order valence-corrected chi connectivity index (χ4v) is 9.66. The summed E-state index contributed by atoms with van der Waals surface area (Å²) in [7, 11) is 0. The van der Waals surface area contributed by atoms with E-state index in [1.165, 1.54) is 85.9 Å². The van der Waals surface area contributed by atoms with Gasteiger partial charge >= 0.3 is 0 Å². The first-order valence-electron chi connectivity index (χ1n) is 19.2. The second kappa shape index (κ2) is 13.4. The largest absolute Gasteiger partial charge is 0.310 e. The lowest BCUT2D eigenvalue weighted by Gasteiger charge is -2.28. The molecule has 0 aliphatic carbocycles. The Morgan fingerprint density at radius 3 is 1.73 bits per heavy atom. The van der Waals surface area contributed by atoms with E-state index in [0.29, 0.717) is 0 Å². The summed E-state index contributed by atoms with van der Waals surface area (Å²) in [6.45, 7) is 0. The second-order valence-corrected chi connectivity index (χ2v) is 15.6. The van der Waals surface area contributed by atoms with Crippen LogP contribution >= 0.6 is 11.3 Å². The number of thiophene rings is 1. The van der Waals surface area contributed by atoms with Crippen molar-refractivity contribution in [3.8, 4) is 33.4 Å². The first-order chi connectivity index (χ1) is 27.7. The van der Waals surface area contributed by atoms with Crippen LogP contribution in [0.5, 0.6) is 0 Å². The molecule has 0 saturated heterocycles. The minimum Gasteiger partial charge on any atom is -0.310 e. The molecule has 56 heavy (non-hydrogen) atoms. The molecule has 1 aromatic heterocycles. The molecule has 2 heteroatoms. The predicted octanol–water partition coefficient (Wildman–Crippen LogP) is 16.0. The van der Waals surface area contributed by atoms with Crippen molar-refractivity contribution in [3.63, 3.8) is 0 Å². The third-order valence-electron chi connectivity index (χ3n) is 11.2. The lowest BCUT2D eigenvalue weighted by Crippen LogP contribution is -2.11. The maximum Gasteiger partial charge on any atom is 0.0540 e. The smallest absolute Gasteiger partial charge is 0.0540 e. The van der Waals surface area contributed by atoms with Crippen LogP contribution in [0.4, 0.5) is 17.1 Å². The maximum atomic E-state index is 2.43. The van der Waals surface area contributed by atoms with Gasteiger partial charge in [0.2, 0.25) is 0 Å². The Kier molecular flexibility index (Phi) is 7.75. The highest BCUT2D eigenvalue weighted by atomic mass is 32.1. The SMILES string of the molecule is c1cc(-c2ccccc2N(c2ccc(-c3ccc4c(ccc5ccccc54)c3)cc2)c2ccc3c(c2)sc2ccccc23)cc(-c2cccc3ccccc23)c1. The van der Waals surface area contributed by atoms with E-state index in [-0.39, 0.29) is 0 Å². The van der Waals surface area contributed by atoms with Crippen molar-refractivity contribution in [1.82, 2.24) is 0 Å². The number of hydrogen-bond donors (Lipinski definition) is 0. The average molecular weight is 730 g/mol. The topological polar surface area (TPSA) is 3.24 Å². The zero-order valence-electron chi connectivity index (χ0n) is 30.6. The van der Waals surface area contributed by atoms with Gasteiger partial charge in [-0.15, -0.1) is 11.3 Å². The minimum absolute atomic E-state index is 1.11. The van der Waals surface area contributed by atoms with Gasteiger partial charge in [0.15, 0.2) is 0 Å². The van der Waals surface area contributed by atoms with Crippen molar-refractivity contribution in [2.24, 2.45) is 0 Å². The number of benzene rings is 10. The highest BCUT2D eigenvalue weighted by Gasteiger charge is 2.19. The van der Waals surface area contributed by atoms with Crippen LogP contribution in [0.1, 0.15) is 0 Å². The van der Waals surface area contributed by atoms with E-state index >= 15 is 0 Å². The molecule has 10 aromatic carbocycles. The summed E-state index contributed by atoms with van der Waals surface area (Å²) in [4.78, 5) is 2.43. The van der Waals surface area contributed by atoms with Gasteiger partial charge in [-0.3, -0.25) is 0 Å². The van der Waals surface area contributed by atoms with Crippen LogP contribution < -0.4 is 4.90 Å². The molecule has 0 N–H and O–H groups in total. The van der Waals surface area contributed by atoms with Crippen molar-refractivity contribution in [2.45, 2.75) is 0 Å². The highest BCUT2D eigenvalue weighted by molar-refractivity contribution is 7.25. The number of anilines is 3. The van der Waals surface area contributed by atoms with E-state index in [0.717, 1.165) is 17.1 Å². The molecule has 0 aliphatic rings.